The topological polar surface area (TPSA) is 46.6 Å². The molecule has 0 saturated carbocycles. The van der Waals surface area contributed by atoms with Crippen LogP contribution in [0.3, 0.4) is 0 Å². The molecule has 0 fully saturated rings. The zero-order chi connectivity index (χ0) is 12.8. The Kier molecular flexibility index (Phi) is 4.63. The Hall–Kier alpha value is -1.91. The number of hydrogen-bond donors (Lipinski definition) is 0. The second kappa shape index (κ2) is 5.98. The molecule has 1 amide bonds. The van der Waals surface area contributed by atoms with Gasteiger partial charge in [-0.15, -0.1) is 0 Å². The number of carbonyl (C=O) groups excluding carboxylic acids is 2. The molecule has 0 N–H and O–H groups in total. The first-order valence-electron chi connectivity index (χ1n) is 5.13. The molecule has 4 nitrogen and oxygen atoms in total. The highest BCUT2D eigenvalue weighted by Crippen LogP contribution is 2.09. The Balaban J connectivity index is 2.64. The summed E-state index contributed by atoms with van der Waals surface area (Å²) in [6, 6.07) is 5.73. The summed E-state index contributed by atoms with van der Waals surface area (Å²) in [7, 11) is 2.79. The van der Waals surface area contributed by atoms with Crippen molar-refractivity contribution in [3.63, 3.8) is 0 Å². The number of amides is 1. The van der Waals surface area contributed by atoms with Crippen LogP contribution in [0.4, 0.5) is 4.39 Å². The third kappa shape index (κ3) is 3.55. The van der Waals surface area contributed by atoms with Crippen molar-refractivity contribution < 1.29 is 18.7 Å². The highest BCUT2D eigenvalue weighted by Gasteiger charge is 2.16. The monoisotopic (exact) mass is 239 g/mol. The van der Waals surface area contributed by atoms with Gasteiger partial charge in [0.05, 0.1) is 19.1 Å². The number of benzene rings is 1. The van der Waals surface area contributed by atoms with E-state index in [0.717, 1.165) is 0 Å². The SMILES string of the molecule is COC(=O)CCN(C)C(=O)c1ccccc1F. The van der Waals surface area contributed by atoms with Crippen LogP contribution < -0.4 is 0 Å². The summed E-state index contributed by atoms with van der Waals surface area (Å²) < 4.78 is 17.8. The van der Waals surface area contributed by atoms with Crippen LogP contribution in [0.1, 0.15) is 16.8 Å². The molecule has 0 atom stereocenters. The molecule has 1 rings (SSSR count). The molecule has 92 valence electrons. The first-order chi connectivity index (χ1) is 8.06. The average Bonchev–Trinajstić information content (AvgIpc) is 2.35. The third-order valence-electron chi connectivity index (χ3n) is 2.33. The Morgan fingerprint density at radius 1 is 1.35 bits per heavy atom. The van der Waals surface area contributed by atoms with E-state index >= 15 is 0 Å². The Morgan fingerprint density at radius 2 is 2.00 bits per heavy atom. The lowest BCUT2D eigenvalue weighted by Gasteiger charge is -2.16. The lowest BCUT2D eigenvalue weighted by atomic mass is 10.2. The van der Waals surface area contributed by atoms with Gasteiger partial charge in [-0.3, -0.25) is 9.59 Å². The van der Waals surface area contributed by atoms with E-state index in [4.69, 9.17) is 0 Å². The summed E-state index contributed by atoms with van der Waals surface area (Å²) >= 11 is 0. The van der Waals surface area contributed by atoms with Crippen molar-refractivity contribution in [2.45, 2.75) is 6.42 Å². The average molecular weight is 239 g/mol. The van der Waals surface area contributed by atoms with Gasteiger partial charge >= 0.3 is 5.97 Å². The molecule has 0 radical (unpaired) electrons. The van der Waals surface area contributed by atoms with Crippen LogP contribution in [0, 0.1) is 5.82 Å². The summed E-state index contributed by atoms with van der Waals surface area (Å²) in [5.41, 5.74) is -0.000124. The van der Waals surface area contributed by atoms with Gasteiger partial charge in [0.2, 0.25) is 0 Å². The predicted octanol–water partition coefficient (Wildman–Crippen LogP) is 1.46. The molecule has 5 heteroatoms. The summed E-state index contributed by atoms with van der Waals surface area (Å²) in [4.78, 5) is 24.0. The summed E-state index contributed by atoms with van der Waals surface area (Å²) in [6.45, 7) is 0.194. The first-order valence-corrected chi connectivity index (χ1v) is 5.13. The molecule has 17 heavy (non-hydrogen) atoms. The smallest absolute Gasteiger partial charge is 0.307 e. The molecular formula is C12H14FNO3. The van der Waals surface area contributed by atoms with Crippen LogP contribution in [0.2, 0.25) is 0 Å². The molecular weight excluding hydrogens is 225 g/mol. The van der Waals surface area contributed by atoms with Crippen molar-refractivity contribution in [2.75, 3.05) is 20.7 Å². The fourth-order valence-electron chi connectivity index (χ4n) is 1.30. The molecule has 0 aromatic heterocycles. The molecule has 0 bridgehead atoms. The number of carbonyl (C=O) groups is 2. The Morgan fingerprint density at radius 3 is 2.59 bits per heavy atom. The van der Waals surface area contributed by atoms with Gasteiger partial charge in [-0.2, -0.15) is 0 Å². The van der Waals surface area contributed by atoms with Crippen LogP contribution >= 0.6 is 0 Å². The van der Waals surface area contributed by atoms with Crippen molar-refractivity contribution in [3.05, 3.63) is 35.6 Å². The van der Waals surface area contributed by atoms with Crippen molar-refractivity contribution in [1.29, 1.82) is 0 Å². The fraction of sp³-hybridized carbons (Fsp3) is 0.333. The van der Waals surface area contributed by atoms with Crippen molar-refractivity contribution in [1.82, 2.24) is 4.90 Å². The maximum atomic E-state index is 13.3. The van der Waals surface area contributed by atoms with Crippen LogP contribution in [0.25, 0.3) is 0 Å². The van der Waals surface area contributed by atoms with Crippen molar-refractivity contribution in [2.24, 2.45) is 0 Å². The quantitative estimate of drug-likeness (QED) is 0.747. The number of hydrogen-bond acceptors (Lipinski definition) is 3. The predicted molar refractivity (Wildman–Crippen MR) is 60.0 cm³/mol. The molecule has 0 aliphatic carbocycles. The molecule has 0 aliphatic heterocycles. The number of ether oxygens (including phenoxy) is 1. The number of methoxy groups -OCH3 is 1. The lowest BCUT2D eigenvalue weighted by molar-refractivity contribution is -0.140. The maximum Gasteiger partial charge on any atom is 0.307 e. The van der Waals surface area contributed by atoms with Crippen LogP contribution in [-0.2, 0) is 9.53 Å². The van der Waals surface area contributed by atoms with E-state index in [0.29, 0.717) is 0 Å². The minimum Gasteiger partial charge on any atom is -0.469 e. The van der Waals surface area contributed by atoms with E-state index in [1.807, 2.05) is 0 Å². The van der Waals surface area contributed by atoms with E-state index < -0.39 is 17.7 Å². The van der Waals surface area contributed by atoms with Gasteiger partial charge in [0.15, 0.2) is 0 Å². The van der Waals surface area contributed by atoms with Crippen LogP contribution in [0.15, 0.2) is 24.3 Å². The number of halogens is 1. The summed E-state index contributed by atoms with van der Waals surface area (Å²) in [5.74, 6) is -1.42. The zero-order valence-electron chi connectivity index (χ0n) is 9.77. The number of esters is 1. The van der Waals surface area contributed by atoms with E-state index in [9.17, 15) is 14.0 Å². The van der Waals surface area contributed by atoms with Gasteiger partial charge in [-0.25, -0.2) is 4.39 Å². The van der Waals surface area contributed by atoms with Gasteiger partial charge in [0, 0.05) is 13.6 Å². The van der Waals surface area contributed by atoms with E-state index in [1.54, 1.807) is 6.07 Å². The van der Waals surface area contributed by atoms with Crippen LogP contribution in [-0.4, -0.2) is 37.5 Å². The van der Waals surface area contributed by atoms with E-state index in [1.165, 1.54) is 37.3 Å². The second-order valence-corrected chi connectivity index (χ2v) is 3.53. The molecule has 1 aromatic rings. The van der Waals surface area contributed by atoms with Gasteiger partial charge in [-0.05, 0) is 12.1 Å². The third-order valence-corrected chi connectivity index (χ3v) is 2.33. The number of rotatable bonds is 4. The Bertz CT molecular complexity index is 420. The summed E-state index contributed by atoms with van der Waals surface area (Å²) in [5, 5.41) is 0. The number of nitrogens with zero attached hydrogens (tertiary/aromatic N) is 1. The largest absolute Gasteiger partial charge is 0.469 e. The lowest BCUT2D eigenvalue weighted by Crippen LogP contribution is -2.29. The van der Waals surface area contributed by atoms with E-state index in [-0.39, 0.29) is 18.5 Å². The molecule has 0 saturated heterocycles. The minimum atomic E-state index is -0.567. The van der Waals surface area contributed by atoms with Gasteiger partial charge in [0.1, 0.15) is 5.82 Å². The van der Waals surface area contributed by atoms with Crippen LogP contribution in [0.5, 0.6) is 0 Å². The molecule has 0 unspecified atom stereocenters. The molecule has 1 aromatic carbocycles. The highest BCUT2D eigenvalue weighted by molar-refractivity contribution is 5.94. The van der Waals surface area contributed by atoms with Crippen molar-refractivity contribution >= 4 is 11.9 Å². The second-order valence-electron chi connectivity index (χ2n) is 3.53. The first kappa shape index (κ1) is 13.2. The van der Waals surface area contributed by atoms with Crippen molar-refractivity contribution in [3.8, 4) is 0 Å². The fourth-order valence-corrected chi connectivity index (χ4v) is 1.30. The Labute approximate surface area is 99.0 Å². The molecule has 0 spiro atoms. The standard InChI is InChI=1S/C12H14FNO3/c1-14(8-7-11(15)17-2)12(16)9-5-3-4-6-10(9)13/h3-6H,7-8H2,1-2H3. The summed E-state index contributed by atoms with van der Waals surface area (Å²) in [6.07, 6.45) is 0.0905. The van der Waals surface area contributed by atoms with Gasteiger partial charge in [0.25, 0.3) is 5.91 Å². The normalized spacial score (nSPS) is 9.82. The molecule has 0 heterocycles. The zero-order valence-corrected chi connectivity index (χ0v) is 9.77. The highest BCUT2D eigenvalue weighted by atomic mass is 19.1. The van der Waals surface area contributed by atoms with Gasteiger partial charge < -0.3 is 9.64 Å². The maximum absolute atomic E-state index is 13.3. The van der Waals surface area contributed by atoms with E-state index in [2.05, 4.69) is 4.74 Å². The minimum absolute atomic E-state index is 0.000124. The van der Waals surface area contributed by atoms with Gasteiger partial charge in [-0.1, -0.05) is 12.1 Å². The molecule has 0 aliphatic rings.